The molecule has 0 fully saturated rings. The molecular weight excluding hydrogens is 466 g/mol. The third kappa shape index (κ3) is 4.72. The van der Waals surface area contributed by atoms with Crippen LogP contribution in [-0.2, 0) is 16.4 Å². The van der Waals surface area contributed by atoms with Gasteiger partial charge >= 0.3 is 5.97 Å². The predicted molar refractivity (Wildman–Crippen MR) is 125 cm³/mol. The number of phenolic OH excluding ortho intramolecular Hbond substituents is 1. The summed E-state index contributed by atoms with van der Waals surface area (Å²) in [6.45, 7) is 7.36. The van der Waals surface area contributed by atoms with Crippen LogP contribution in [0.4, 0.5) is 0 Å². The molecule has 1 heterocycles. The fraction of sp³-hybridized carbons (Fsp3) is 0.292. The molecule has 0 unspecified atom stereocenters. The highest BCUT2D eigenvalue weighted by Crippen LogP contribution is 2.35. The summed E-state index contributed by atoms with van der Waals surface area (Å²) in [6, 6.07) is 9.27. The monoisotopic (exact) mass is 491 g/mol. The van der Waals surface area contributed by atoms with E-state index in [0.29, 0.717) is 29.5 Å². The number of benzene rings is 2. The maximum Gasteiger partial charge on any atom is 0.352 e. The maximum atomic E-state index is 13.3. The van der Waals surface area contributed by atoms with Gasteiger partial charge in [0.25, 0.3) is 0 Å². The summed E-state index contributed by atoms with van der Waals surface area (Å²) in [6.07, 6.45) is 0.450. The number of hydrogen-bond donors (Lipinski definition) is 2. The quantitative estimate of drug-likeness (QED) is 0.425. The average molecular weight is 492 g/mol. The second-order valence-electron chi connectivity index (χ2n) is 7.89. The Hall–Kier alpha value is -2.97. The number of carboxylic acids is 1. The Bertz CT molecular complexity index is 1300. The summed E-state index contributed by atoms with van der Waals surface area (Å²) < 4.78 is 33.9. The highest BCUT2D eigenvalue weighted by molar-refractivity contribution is 7.91. The topological polar surface area (TPSA) is 106 Å². The fourth-order valence-electron chi connectivity index (χ4n) is 4.02. The molecule has 1 aromatic heterocycles. The predicted octanol–water partition coefficient (Wildman–Crippen LogP) is 5.08. The van der Waals surface area contributed by atoms with Gasteiger partial charge in [0, 0.05) is 22.8 Å². The minimum Gasteiger partial charge on any atom is -0.507 e. The average Bonchev–Trinajstić information content (AvgIpc) is 2.99. The van der Waals surface area contributed by atoms with Crippen molar-refractivity contribution in [1.29, 1.82) is 0 Å². The van der Waals surface area contributed by atoms with Gasteiger partial charge in [-0.1, -0.05) is 23.7 Å². The van der Waals surface area contributed by atoms with Gasteiger partial charge in [-0.05, 0) is 69.5 Å². The molecule has 0 bridgehead atoms. The molecule has 33 heavy (non-hydrogen) atoms. The van der Waals surface area contributed by atoms with Crippen molar-refractivity contribution in [3.8, 4) is 11.5 Å². The summed E-state index contributed by atoms with van der Waals surface area (Å²) in [5.74, 6) is -0.946. The zero-order valence-electron chi connectivity index (χ0n) is 18.8. The summed E-state index contributed by atoms with van der Waals surface area (Å²) in [5.41, 5.74) is 2.13. The molecular formula is C24H26ClNO6S. The van der Waals surface area contributed by atoms with Gasteiger partial charge in [0.2, 0.25) is 9.84 Å². The third-order valence-electron chi connectivity index (χ3n) is 5.53. The van der Waals surface area contributed by atoms with Crippen LogP contribution in [0.5, 0.6) is 11.5 Å². The number of phenols is 1. The van der Waals surface area contributed by atoms with Crippen molar-refractivity contribution >= 4 is 27.4 Å². The van der Waals surface area contributed by atoms with E-state index >= 15 is 0 Å². The van der Waals surface area contributed by atoms with E-state index in [9.17, 15) is 23.4 Å². The first-order chi connectivity index (χ1) is 15.5. The van der Waals surface area contributed by atoms with Crippen molar-refractivity contribution in [3.05, 3.63) is 69.5 Å². The fourth-order valence-corrected chi connectivity index (χ4v) is 5.95. The normalized spacial score (nSPS) is 11.5. The molecule has 0 amide bonds. The number of carboxylic acid groups (broad SMARTS) is 1. The van der Waals surface area contributed by atoms with Crippen molar-refractivity contribution < 1.29 is 28.2 Å². The lowest BCUT2D eigenvalue weighted by Gasteiger charge is -2.12. The van der Waals surface area contributed by atoms with Gasteiger partial charge in [-0.25, -0.2) is 13.2 Å². The standard InChI is InChI=1S/C24H26ClNO6S/c1-14-12-18(13-15(2)21(14)25)32-11-7-10-26-17(4)23(16(3)22(26)24(28)29)33(30,31)20-9-6-5-8-19(20)27/h5-6,8-9,12-13,27H,7,10-11H2,1-4H3,(H,28,29). The van der Waals surface area contributed by atoms with E-state index in [-0.39, 0.29) is 33.3 Å². The number of hydrogen-bond acceptors (Lipinski definition) is 5. The minimum absolute atomic E-state index is 0.0975. The van der Waals surface area contributed by atoms with Crippen LogP contribution in [0.3, 0.4) is 0 Å². The van der Waals surface area contributed by atoms with Crippen LogP contribution in [0.2, 0.25) is 5.02 Å². The van der Waals surface area contributed by atoms with Crippen LogP contribution in [0.25, 0.3) is 0 Å². The van der Waals surface area contributed by atoms with E-state index in [1.54, 1.807) is 6.92 Å². The molecule has 176 valence electrons. The number of halogens is 1. The number of aromatic carboxylic acids is 1. The number of carbonyl (C=O) groups is 1. The van der Waals surface area contributed by atoms with Crippen molar-refractivity contribution in [3.63, 3.8) is 0 Å². The van der Waals surface area contributed by atoms with E-state index < -0.39 is 15.8 Å². The largest absolute Gasteiger partial charge is 0.507 e. The lowest BCUT2D eigenvalue weighted by Crippen LogP contribution is -2.13. The molecule has 0 radical (unpaired) electrons. The zero-order chi connectivity index (χ0) is 24.5. The molecule has 3 aromatic rings. The van der Waals surface area contributed by atoms with Gasteiger partial charge in [0.1, 0.15) is 22.1 Å². The number of sulfone groups is 1. The number of aromatic hydroxyl groups is 1. The Kier molecular flexibility index (Phi) is 7.09. The first-order valence-electron chi connectivity index (χ1n) is 10.3. The van der Waals surface area contributed by atoms with Crippen molar-refractivity contribution in [2.75, 3.05) is 6.61 Å². The van der Waals surface area contributed by atoms with Crippen LogP contribution in [-0.4, -0.2) is 35.8 Å². The van der Waals surface area contributed by atoms with Gasteiger partial charge in [-0.15, -0.1) is 0 Å². The molecule has 0 saturated carbocycles. The number of para-hydroxylation sites is 1. The van der Waals surface area contributed by atoms with E-state index in [4.69, 9.17) is 16.3 Å². The summed E-state index contributed by atoms with van der Waals surface area (Å²) in [5, 5.41) is 20.6. The van der Waals surface area contributed by atoms with E-state index in [2.05, 4.69) is 0 Å². The third-order valence-corrected chi connectivity index (χ3v) is 8.19. The Labute approximate surface area is 198 Å². The number of ether oxygens (including phenoxy) is 1. The summed E-state index contributed by atoms with van der Waals surface area (Å²) in [4.78, 5) is 11.6. The maximum absolute atomic E-state index is 13.3. The van der Waals surface area contributed by atoms with Gasteiger partial charge < -0.3 is 19.5 Å². The van der Waals surface area contributed by atoms with Crippen LogP contribution < -0.4 is 4.74 Å². The Balaban J connectivity index is 1.89. The van der Waals surface area contributed by atoms with Crippen LogP contribution in [0.1, 0.15) is 39.3 Å². The smallest absolute Gasteiger partial charge is 0.352 e. The second-order valence-corrected chi connectivity index (χ2v) is 10.1. The molecule has 2 aromatic carbocycles. The second kappa shape index (κ2) is 9.49. The lowest BCUT2D eigenvalue weighted by atomic mass is 10.1. The SMILES string of the molecule is Cc1cc(OCCCn2c(C)c(S(=O)(=O)c3ccccc3O)c(C)c2C(=O)O)cc(C)c1Cl. The van der Waals surface area contributed by atoms with E-state index in [1.165, 1.54) is 35.8 Å². The molecule has 0 aliphatic carbocycles. The van der Waals surface area contributed by atoms with Crippen LogP contribution in [0.15, 0.2) is 46.2 Å². The molecule has 0 aliphatic rings. The first-order valence-corrected chi connectivity index (χ1v) is 12.2. The molecule has 0 saturated heterocycles. The molecule has 0 spiro atoms. The van der Waals surface area contributed by atoms with Gasteiger partial charge in [-0.3, -0.25) is 0 Å². The molecule has 2 N–H and O–H groups in total. The van der Waals surface area contributed by atoms with E-state index in [0.717, 1.165) is 11.1 Å². The van der Waals surface area contributed by atoms with Crippen molar-refractivity contribution in [2.24, 2.45) is 0 Å². The molecule has 0 atom stereocenters. The molecule has 9 heteroatoms. The Morgan fingerprint density at radius 3 is 2.27 bits per heavy atom. The Morgan fingerprint density at radius 1 is 1.09 bits per heavy atom. The van der Waals surface area contributed by atoms with Gasteiger partial charge in [0.05, 0.1) is 11.5 Å². The molecule has 0 aliphatic heterocycles. The highest BCUT2D eigenvalue weighted by Gasteiger charge is 2.32. The number of nitrogens with zero attached hydrogens (tertiary/aromatic N) is 1. The molecule has 3 rings (SSSR count). The molecule has 7 nitrogen and oxygen atoms in total. The minimum atomic E-state index is -4.13. The van der Waals surface area contributed by atoms with Gasteiger partial charge in [0.15, 0.2) is 0 Å². The summed E-state index contributed by atoms with van der Waals surface area (Å²) in [7, 11) is -4.13. The van der Waals surface area contributed by atoms with Gasteiger partial charge in [-0.2, -0.15) is 0 Å². The van der Waals surface area contributed by atoms with E-state index in [1.807, 2.05) is 26.0 Å². The summed E-state index contributed by atoms with van der Waals surface area (Å²) >= 11 is 6.18. The Morgan fingerprint density at radius 2 is 1.70 bits per heavy atom. The van der Waals surface area contributed by atoms with Crippen LogP contribution >= 0.6 is 11.6 Å². The lowest BCUT2D eigenvalue weighted by molar-refractivity contribution is 0.0683. The first kappa shape index (κ1) is 24.7. The zero-order valence-corrected chi connectivity index (χ0v) is 20.4. The highest BCUT2D eigenvalue weighted by atomic mass is 35.5. The van der Waals surface area contributed by atoms with Crippen molar-refractivity contribution in [2.45, 2.75) is 50.5 Å². The number of aromatic nitrogens is 1. The number of rotatable bonds is 8. The number of aryl methyl sites for hydroxylation is 2. The van der Waals surface area contributed by atoms with Crippen LogP contribution in [0, 0.1) is 27.7 Å². The van der Waals surface area contributed by atoms with Crippen molar-refractivity contribution in [1.82, 2.24) is 4.57 Å².